The Morgan fingerprint density at radius 1 is 1.03 bits per heavy atom. The first-order valence-corrected chi connectivity index (χ1v) is 13.5. The Labute approximate surface area is 212 Å². The van der Waals surface area contributed by atoms with E-state index in [9.17, 15) is 9.00 Å². The van der Waals surface area contributed by atoms with Crippen LogP contribution in [0.5, 0.6) is 11.5 Å². The Bertz CT molecular complexity index is 1410. The number of nitrogens with one attached hydrogen (secondary N) is 1. The molecule has 7 nitrogen and oxygen atoms in total. The van der Waals surface area contributed by atoms with Gasteiger partial charge >= 0.3 is 6.03 Å². The summed E-state index contributed by atoms with van der Waals surface area (Å²) in [5, 5.41) is 2.73. The second-order valence-corrected chi connectivity index (χ2v) is 10.9. The van der Waals surface area contributed by atoms with E-state index >= 15 is 0 Å². The highest BCUT2D eigenvalue weighted by Crippen LogP contribution is 2.39. The summed E-state index contributed by atoms with van der Waals surface area (Å²) in [5.41, 5.74) is 4.39. The van der Waals surface area contributed by atoms with Crippen LogP contribution in [0.2, 0.25) is 0 Å². The molecule has 3 aromatic rings. The SMILES string of the molecule is CNC(=O)N1C=C(c2ccc(N=S(C)(=O)c3ccccc3)cc2)c2cc(OC)c(OC)cc2CC1C. The third-order valence-electron chi connectivity index (χ3n) is 6.24. The van der Waals surface area contributed by atoms with Crippen molar-refractivity contribution in [2.75, 3.05) is 27.5 Å². The predicted molar refractivity (Wildman–Crippen MR) is 143 cm³/mol. The Morgan fingerprint density at radius 3 is 2.28 bits per heavy atom. The minimum atomic E-state index is -2.58. The van der Waals surface area contributed by atoms with Gasteiger partial charge in [0, 0.05) is 36.0 Å². The van der Waals surface area contributed by atoms with Gasteiger partial charge in [0.25, 0.3) is 0 Å². The van der Waals surface area contributed by atoms with Crippen molar-refractivity contribution in [1.29, 1.82) is 0 Å². The molecule has 0 radical (unpaired) electrons. The quantitative estimate of drug-likeness (QED) is 0.499. The molecule has 3 aromatic carbocycles. The fraction of sp³-hybridized carbons (Fsp3) is 0.250. The first-order valence-electron chi connectivity index (χ1n) is 11.6. The zero-order valence-corrected chi connectivity index (χ0v) is 22.0. The minimum Gasteiger partial charge on any atom is -0.493 e. The second kappa shape index (κ2) is 10.5. The number of benzene rings is 3. The van der Waals surface area contributed by atoms with E-state index in [-0.39, 0.29) is 12.1 Å². The van der Waals surface area contributed by atoms with Gasteiger partial charge in [-0.25, -0.2) is 9.00 Å². The zero-order chi connectivity index (χ0) is 25.9. The molecule has 0 spiro atoms. The molecule has 188 valence electrons. The average molecular weight is 506 g/mol. The van der Waals surface area contributed by atoms with E-state index in [2.05, 4.69) is 9.68 Å². The molecule has 0 bridgehead atoms. The van der Waals surface area contributed by atoms with E-state index in [1.165, 1.54) is 0 Å². The maximum absolute atomic E-state index is 13.2. The van der Waals surface area contributed by atoms with Gasteiger partial charge in [0.05, 0.1) is 29.6 Å². The van der Waals surface area contributed by atoms with Crippen molar-refractivity contribution in [3.63, 3.8) is 0 Å². The number of ether oxygens (including phenoxy) is 2. The molecule has 4 rings (SSSR count). The molecule has 0 saturated carbocycles. The summed E-state index contributed by atoms with van der Waals surface area (Å²) in [6.07, 6.45) is 4.16. The molecular formula is C28H31N3O4S. The van der Waals surface area contributed by atoms with Gasteiger partial charge in [-0.2, -0.15) is 4.36 Å². The standard InChI is InChI=1S/C28H31N3O4S/c1-19-15-21-16-26(34-3)27(35-4)17-24(21)25(18-31(19)28(32)29-2)20-11-13-22(14-12-20)30-36(5,33)23-9-7-6-8-10-23/h6-14,16-19H,15H2,1-5H3,(H,29,32). The molecule has 0 saturated heterocycles. The van der Waals surface area contributed by atoms with Crippen LogP contribution in [0, 0.1) is 0 Å². The Kier molecular flexibility index (Phi) is 7.35. The number of nitrogens with zero attached hydrogens (tertiary/aromatic N) is 2. The lowest BCUT2D eigenvalue weighted by molar-refractivity contribution is 0.205. The topological polar surface area (TPSA) is 80.2 Å². The molecule has 2 atom stereocenters. The summed E-state index contributed by atoms with van der Waals surface area (Å²) in [6.45, 7) is 2.01. The molecule has 0 fully saturated rings. The summed E-state index contributed by atoms with van der Waals surface area (Å²) < 4.78 is 28.9. The molecule has 1 heterocycles. The van der Waals surface area contributed by atoms with Gasteiger partial charge in [-0.3, -0.25) is 4.90 Å². The van der Waals surface area contributed by atoms with Gasteiger partial charge in [-0.15, -0.1) is 0 Å². The number of fused-ring (bicyclic) bond motifs is 1. The van der Waals surface area contributed by atoms with Crippen molar-refractivity contribution in [2.24, 2.45) is 4.36 Å². The number of hydrogen-bond acceptors (Lipinski definition) is 5. The van der Waals surface area contributed by atoms with E-state index in [0.717, 1.165) is 22.3 Å². The van der Waals surface area contributed by atoms with E-state index in [1.807, 2.05) is 79.9 Å². The molecule has 1 N–H and O–H groups in total. The summed E-state index contributed by atoms with van der Waals surface area (Å²) in [4.78, 5) is 15.1. The van der Waals surface area contributed by atoms with Crippen molar-refractivity contribution >= 4 is 27.0 Å². The van der Waals surface area contributed by atoms with Gasteiger partial charge in [0.1, 0.15) is 0 Å². The fourth-order valence-electron chi connectivity index (χ4n) is 4.34. The number of hydrogen-bond donors (Lipinski definition) is 1. The van der Waals surface area contributed by atoms with Crippen molar-refractivity contribution in [2.45, 2.75) is 24.3 Å². The minimum absolute atomic E-state index is 0.0794. The van der Waals surface area contributed by atoms with Crippen LogP contribution in [-0.4, -0.2) is 48.7 Å². The highest BCUT2D eigenvalue weighted by atomic mass is 32.2. The maximum Gasteiger partial charge on any atom is 0.321 e. The largest absolute Gasteiger partial charge is 0.493 e. The lowest BCUT2D eigenvalue weighted by Gasteiger charge is -2.24. The average Bonchev–Trinajstić information content (AvgIpc) is 3.03. The van der Waals surface area contributed by atoms with Crippen LogP contribution in [0.25, 0.3) is 5.57 Å². The first-order chi connectivity index (χ1) is 17.3. The molecule has 1 aliphatic rings. The third-order valence-corrected chi connectivity index (χ3v) is 7.95. The number of carbonyl (C=O) groups is 1. The number of carbonyl (C=O) groups excluding carboxylic acids is 1. The third kappa shape index (κ3) is 5.09. The van der Waals surface area contributed by atoms with Crippen molar-refractivity contribution in [3.8, 4) is 11.5 Å². The number of methoxy groups -OCH3 is 2. The smallest absolute Gasteiger partial charge is 0.321 e. The summed E-state index contributed by atoms with van der Waals surface area (Å²) in [5.74, 6) is 1.26. The van der Waals surface area contributed by atoms with Crippen LogP contribution in [0.4, 0.5) is 10.5 Å². The zero-order valence-electron chi connectivity index (χ0n) is 21.1. The summed E-state index contributed by atoms with van der Waals surface area (Å²) >= 11 is 0. The highest BCUT2D eigenvalue weighted by Gasteiger charge is 2.26. The van der Waals surface area contributed by atoms with Crippen molar-refractivity contribution in [3.05, 3.63) is 89.6 Å². The van der Waals surface area contributed by atoms with Crippen LogP contribution >= 0.6 is 0 Å². The lowest BCUT2D eigenvalue weighted by atomic mass is 9.92. The monoisotopic (exact) mass is 505 g/mol. The molecule has 2 amide bonds. The van der Waals surface area contributed by atoms with E-state index in [0.29, 0.717) is 28.5 Å². The van der Waals surface area contributed by atoms with Crippen LogP contribution in [0.3, 0.4) is 0 Å². The lowest BCUT2D eigenvalue weighted by Crippen LogP contribution is -2.40. The number of rotatable bonds is 5. The molecular weight excluding hydrogens is 474 g/mol. The maximum atomic E-state index is 13.2. The van der Waals surface area contributed by atoms with Crippen LogP contribution in [-0.2, 0) is 16.1 Å². The van der Waals surface area contributed by atoms with Gasteiger partial charge in [0.2, 0.25) is 0 Å². The molecule has 2 unspecified atom stereocenters. The number of amides is 2. The van der Waals surface area contributed by atoms with E-state index < -0.39 is 9.73 Å². The predicted octanol–water partition coefficient (Wildman–Crippen LogP) is 5.47. The van der Waals surface area contributed by atoms with E-state index in [4.69, 9.17) is 9.47 Å². The van der Waals surface area contributed by atoms with E-state index in [1.54, 1.807) is 32.4 Å². The Morgan fingerprint density at radius 2 is 1.67 bits per heavy atom. The molecule has 0 aromatic heterocycles. The normalized spacial score (nSPS) is 16.6. The van der Waals surface area contributed by atoms with Crippen LogP contribution in [0.1, 0.15) is 23.6 Å². The van der Waals surface area contributed by atoms with Gasteiger partial charge in [-0.1, -0.05) is 30.3 Å². The Balaban J connectivity index is 1.82. The number of urea groups is 1. The van der Waals surface area contributed by atoms with Gasteiger partial charge in [-0.05, 0) is 66.4 Å². The fourth-order valence-corrected chi connectivity index (χ4v) is 5.63. The molecule has 1 aliphatic heterocycles. The van der Waals surface area contributed by atoms with Crippen molar-refractivity contribution < 1.29 is 18.5 Å². The van der Waals surface area contributed by atoms with Crippen LogP contribution < -0.4 is 14.8 Å². The molecule has 8 heteroatoms. The second-order valence-electron chi connectivity index (χ2n) is 8.68. The van der Waals surface area contributed by atoms with Gasteiger partial charge in [0.15, 0.2) is 11.5 Å². The molecule has 36 heavy (non-hydrogen) atoms. The Hall–Kier alpha value is -3.78. The summed E-state index contributed by atoms with van der Waals surface area (Å²) in [7, 11) is 2.26. The van der Waals surface area contributed by atoms with Crippen molar-refractivity contribution in [1.82, 2.24) is 10.2 Å². The molecule has 0 aliphatic carbocycles. The van der Waals surface area contributed by atoms with Gasteiger partial charge < -0.3 is 14.8 Å². The highest BCUT2D eigenvalue weighted by molar-refractivity contribution is 7.93. The van der Waals surface area contributed by atoms with Crippen LogP contribution in [0.15, 0.2) is 82.2 Å². The summed E-state index contributed by atoms with van der Waals surface area (Å²) in [6, 6.07) is 20.5. The first kappa shape index (κ1) is 25.3.